The second-order valence-electron chi connectivity index (χ2n) is 3.51. The van der Waals surface area contributed by atoms with Crippen molar-refractivity contribution >= 4 is 17.5 Å². The third-order valence-corrected chi connectivity index (χ3v) is 2.36. The molecule has 3 nitrogen and oxygen atoms in total. The van der Waals surface area contributed by atoms with Crippen molar-refractivity contribution in [3.63, 3.8) is 0 Å². The zero-order valence-corrected chi connectivity index (χ0v) is 10.2. The zero-order valence-electron chi connectivity index (χ0n) is 9.42. The lowest BCUT2D eigenvalue weighted by Crippen LogP contribution is -2.32. The van der Waals surface area contributed by atoms with Crippen LogP contribution in [0.4, 0.5) is 0 Å². The van der Waals surface area contributed by atoms with Crippen molar-refractivity contribution in [2.45, 2.75) is 13.3 Å². The Bertz CT molecular complexity index is 342. The van der Waals surface area contributed by atoms with E-state index in [0.717, 1.165) is 18.7 Å². The van der Waals surface area contributed by atoms with Gasteiger partial charge in [-0.05, 0) is 24.2 Å². The molecule has 0 heterocycles. The van der Waals surface area contributed by atoms with Gasteiger partial charge in [0.25, 0.3) is 0 Å². The highest BCUT2D eigenvalue weighted by atomic mass is 35.5. The second kappa shape index (κ2) is 7.25. The standard InChI is InChI=1S/C12H17ClN2O/c1-2-14-6-7-15-12(16)9-10-4-3-5-11(13)8-10/h3-5,8,14H,2,6-7,9H2,1H3,(H,15,16). The number of halogens is 1. The van der Waals surface area contributed by atoms with Crippen LogP contribution < -0.4 is 10.6 Å². The number of nitrogens with one attached hydrogen (secondary N) is 2. The SMILES string of the molecule is CCNCCNC(=O)Cc1cccc(Cl)c1. The molecule has 0 aliphatic heterocycles. The Morgan fingerprint density at radius 3 is 2.88 bits per heavy atom. The molecule has 0 saturated heterocycles. The third kappa shape index (κ3) is 5.14. The molecule has 4 heteroatoms. The molecule has 0 saturated carbocycles. The van der Waals surface area contributed by atoms with E-state index in [4.69, 9.17) is 11.6 Å². The normalized spacial score (nSPS) is 10.1. The van der Waals surface area contributed by atoms with Gasteiger partial charge in [0.2, 0.25) is 5.91 Å². The molecular weight excluding hydrogens is 224 g/mol. The first kappa shape index (κ1) is 13.0. The van der Waals surface area contributed by atoms with E-state index < -0.39 is 0 Å². The van der Waals surface area contributed by atoms with Gasteiger partial charge in [-0.2, -0.15) is 0 Å². The predicted octanol–water partition coefficient (Wildman–Crippen LogP) is 1.61. The van der Waals surface area contributed by atoms with Crippen LogP contribution in [0.5, 0.6) is 0 Å². The molecule has 2 N–H and O–H groups in total. The monoisotopic (exact) mass is 240 g/mol. The third-order valence-electron chi connectivity index (χ3n) is 2.13. The fourth-order valence-corrected chi connectivity index (χ4v) is 1.57. The molecule has 1 amide bonds. The van der Waals surface area contributed by atoms with Crippen molar-refractivity contribution in [2.75, 3.05) is 19.6 Å². The van der Waals surface area contributed by atoms with Gasteiger partial charge in [-0.15, -0.1) is 0 Å². The maximum absolute atomic E-state index is 11.5. The number of amides is 1. The molecular formula is C12H17ClN2O. The van der Waals surface area contributed by atoms with E-state index in [1.165, 1.54) is 0 Å². The molecule has 0 aliphatic carbocycles. The summed E-state index contributed by atoms with van der Waals surface area (Å²) in [4.78, 5) is 11.5. The Hall–Kier alpha value is -1.06. The Morgan fingerprint density at radius 1 is 1.38 bits per heavy atom. The smallest absolute Gasteiger partial charge is 0.224 e. The quantitative estimate of drug-likeness (QED) is 0.742. The summed E-state index contributed by atoms with van der Waals surface area (Å²) in [6, 6.07) is 7.36. The van der Waals surface area contributed by atoms with E-state index in [-0.39, 0.29) is 5.91 Å². The minimum atomic E-state index is 0.0279. The van der Waals surface area contributed by atoms with Gasteiger partial charge in [0.1, 0.15) is 0 Å². The summed E-state index contributed by atoms with van der Waals surface area (Å²) in [5.41, 5.74) is 0.938. The lowest BCUT2D eigenvalue weighted by molar-refractivity contribution is -0.120. The Labute approximate surface area is 101 Å². The highest BCUT2D eigenvalue weighted by Gasteiger charge is 2.02. The molecule has 0 radical (unpaired) electrons. The topological polar surface area (TPSA) is 41.1 Å². The first-order valence-corrected chi connectivity index (χ1v) is 5.82. The summed E-state index contributed by atoms with van der Waals surface area (Å²) < 4.78 is 0. The molecule has 1 aromatic carbocycles. The molecule has 0 bridgehead atoms. The van der Waals surface area contributed by atoms with Crippen molar-refractivity contribution in [3.8, 4) is 0 Å². The van der Waals surface area contributed by atoms with Crippen molar-refractivity contribution in [2.24, 2.45) is 0 Å². The molecule has 1 aromatic rings. The van der Waals surface area contributed by atoms with Crippen LogP contribution >= 0.6 is 11.6 Å². The zero-order chi connectivity index (χ0) is 11.8. The highest BCUT2D eigenvalue weighted by molar-refractivity contribution is 6.30. The van der Waals surface area contributed by atoms with Crippen LogP contribution in [0.2, 0.25) is 5.02 Å². The molecule has 0 unspecified atom stereocenters. The van der Waals surface area contributed by atoms with Crippen molar-refractivity contribution in [1.82, 2.24) is 10.6 Å². The Morgan fingerprint density at radius 2 is 2.19 bits per heavy atom. The molecule has 16 heavy (non-hydrogen) atoms. The van der Waals surface area contributed by atoms with E-state index in [2.05, 4.69) is 10.6 Å². The molecule has 0 spiro atoms. The van der Waals surface area contributed by atoms with Crippen molar-refractivity contribution < 1.29 is 4.79 Å². The number of rotatable bonds is 6. The summed E-state index contributed by atoms with van der Waals surface area (Å²) in [5, 5.41) is 6.65. The van der Waals surface area contributed by atoms with Crippen molar-refractivity contribution in [3.05, 3.63) is 34.9 Å². The number of carbonyl (C=O) groups is 1. The average molecular weight is 241 g/mol. The average Bonchev–Trinajstić information content (AvgIpc) is 2.24. The number of likely N-dealkylation sites (N-methyl/N-ethyl adjacent to an activating group) is 1. The fraction of sp³-hybridized carbons (Fsp3) is 0.417. The Balaban J connectivity index is 2.29. The van der Waals surface area contributed by atoms with E-state index >= 15 is 0 Å². The van der Waals surface area contributed by atoms with Crippen LogP contribution in [0, 0.1) is 0 Å². The van der Waals surface area contributed by atoms with Crippen LogP contribution in [0.1, 0.15) is 12.5 Å². The molecule has 0 atom stereocenters. The Kier molecular flexibility index (Phi) is 5.90. The van der Waals surface area contributed by atoms with Gasteiger partial charge in [0, 0.05) is 18.1 Å². The summed E-state index contributed by atoms with van der Waals surface area (Å²) in [7, 11) is 0. The summed E-state index contributed by atoms with van der Waals surface area (Å²) in [6.45, 7) is 4.42. The molecule has 0 fully saturated rings. The molecule has 88 valence electrons. The van der Waals surface area contributed by atoms with Gasteiger partial charge < -0.3 is 10.6 Å². The number of hydrogen-bond donors (Lipinski definition) is 2. The summed E-state index contributed by atoms with van der Waals surface area (Å²) in [5.74, 6) is 0.0279. The molecule has 1 rings (SSSR count). The number of carbonyl (C=O) groups excluding carboxylic acids is 1. The lowest BCUT2D eigenvalue weighted by atomic mass is 10.1. The minimum Gasteiger partial charge on any atom is -0.355 e. The predicted molar refractivity (Wildman–Crippen MR) is 66.7 cm³/mol. The summed E-state index contributed by atoms with van der Waals surface area (Å²) in [6.07, 6.45) is 0.382. The maximum Gasteiger partial charge on any atom is 0.224 e. The lowest BCUT2D eigenvalue weighted by Gasteiger charge is -2.05. The first-order chi connectivity index (χ1) is 7.72. The van der Waals surface area contributed by atoms with E-state index in [1.807, 2.05) is 25.1 Å². The van der Waals surface area contributed by atoms with Gasteiger partial charge >= 0.3 is 0 Å². The van der Waals surface area contributed by atoms with Gasteiger partial charge in [0.15, 0.2) is 0 Å². The van der Waals surface area contributed by atoms with Gasteiger partial charge in [-0.25, -0.2) is 0 Å². The minimum absolute atomic E-state index is 0.0279. The van der Waals surface area contributed by atoms with Crippen LogP contribution in [-0.4, -0.2) is 25.5 Å². The van der Waals surface area contributed by atoms with Crippen LogP contribution in [0.25, 0.3) is 0 Å². The van der Waals surface area contributed by atoms with Gasteiger partial charge in [0.05, 0.1) is 6.42 Å². The van der Waals surface area contributed by atoms with Gasteiger partial charge in [-0.3, -0.25) is 4.79 Å². The van der Waals surface area contributed by atoms with E-state index in [0.29, 0.717) is 18.0 Å². The van der Waals surface area contributed by atoms with E-state index in [1.54, 1.807) is 6.07 Å². The fourth-order valence-electron chi connectivity index (χ4n) is 1.36. The number of benzene rings is 1. The maximum atomic E-state index is 11.5. The highest BCUT2D eigenvalue weighted by Crippen LogP contribution is 2.10. The van der Waals surface area contributed by atoms with Crippen LogP contribution in [0.15, 0.2) is 24.3 Å². The molecule has 0 aliphatic rings. The largest absolute Gasteiger partial charge is 0.355 e. The first-order valence-electron chi connectivity index (χ1n) is 5.44. The molecule has 0 aromatic heterocycles. The van der Waals surface area contributed by atoms with Crippen LogP contribution in [0.3, 0.4) is 0 Å². The van der Waals surface area contributed by atoms with E-state index in [9.17, 15) is 4.79 Å². The van der Waals surface area contributed by atoms with Gasteiger partial charge in [-0.1, -0.05) is 30.7 Å². The number of hydrogen-bond acceptors (Lipinski definition) is 2. The van der Waals surface area contributed by atoms with Crippen molar-refractivity contribution in [1.29, 1.82) is 0 Å². The van der Waals surface area contributed by atoms with Crippen LogP contribution in [-0.2, 0) is 11.2 Å². The second-order valence-corrected chi connectivity index (χ2v) is 3.95. The summed E-state index contributed by atoms with van der Waals surface area (Å²) >= 11 is 5.83.